The smallest absolute Gasteiger partial charge is 0.238 e. The molecule has 1 aliphatic heterocycles. The average molecular weight is 407 g/mol. The van der Waals surface area contributed by atoms with Crippen LogP contribution in [-0.2, 0) is 21.2 Å². The quantitative estimate of drug-likeness (QED) is 0.740. The molecule has 0 fully saturated rings. The molecule has 1 aromatic heterocycles. The lowest BCUT2D eigenvalue weighted by atomic mass is 9.90. The predicted octanol–water partition coefficient (Wildman–Crippen LogP) is 3.20. The third-order valence-electron chi connectivity index (χ3n) is 5.02. The SMILES string of the molecule is CCCN(CC(=O)N1CCc2sccc2C1c1ccccc1C)S(C)(=O)=O. The maximum Gasteiger partial charge on any atom is 0.238 e. The van der Waals surface area contributed by atoms with Crippen LogP contribution in [0.25, 0.3) is 0 Å². The summed E-state index contributed by atoms with van der Waals surface area (Å²) >= 11 is 1.73. The minimum Gasteiger partial charge on any atom is -0.330 e. The minimum absolute atomic E-state index is 0.103. The minimum atomic E-state index is -3.41. The molecule has 0 radical (unpaired) electrons. The van der Waals surface area contributed by atoms with E-state index >= 15 is 0 Å². The largest absolute Gasteiger partial charge is 0.330 e. The van der Waals surface area contributed by atoms with E-state index in [-0.39, 0.29) is 18.5 Å². The zero-order chi connectivity index (χ0) is 19.6. The number of benzene rings is 1. The molecular formula is C20H26N2O3S2. The highest BCUT2D eigenvalue weighted by Gasteiger charge is 2.34. The van der Waals surface area contributed by atoms with Gasteiger partial charge in [0.05, 0.1) is 18.8 Å². The fraction of sp³-hybridized carbons (Fsp3) is 0.450. The number of sulfonamides is 1. The summed E-state index contributed by atoms with van der Waals surface area (Å²) in [5.74, 6) is -0.140. The molecule has 1 atom stereocenters. The molecule has 0 saturated carbocycles. The van der Waals surface area contributed by atoms with Gasteiger partial charge < -0.3 is 4.90 Å². The summed E-state index contributed by atoms with van der Waals surface area (Å²) in [6, 6.07) is 10.0. The number of hydrogen-bond donors (Lipinski definition) is 0. The van der Waals surface area contributed by atoms with Crippen LogP contribution in [0, 0.1) is 6.92 Å². The van der Waals surface area contributed by atoms with E-state index in [0.29, 0.717) is 19.5 Å². The molecule has 5 nitrogen and oxygen atoms in total. The number of carbonyl (C=O) groups excluding carboxylic acids is 1. The van der Waals surface area contributed by atoms with Gasteiger partial charge >= 0.3 is 0 Å². The summed E-state index contributed by atoms with van der Waals surface area (Å²) in [6.07, 6.45) is 2.66. The Balaban J connectivity index is 1.96. The Hall–Kier alpha value is -1.70. The molecule has 7 heteroatoms. The van der Waals surface area contributed by atoms with Gasteiger partial charge in [0, 0.05) is 18.0 Å². The van der Waals surface area contributed by atoms with Crippen molar-refractivity contribution in [1.82, 2.24) is 9.21 Å². The second-order valence-corrected chi connectivity index (χ2v) is 9.98. The second kappa shape index (κ2) is 8.12. The van der Waals surface area contributed by atoms with Gasteiger partial charge in [0.25, 0.3) is 0 Å². The number of aryl methyl sites for hydroxylation is 1. The monoisotopic (exact) mass is 406 g/mol. The molecule has 0 spiro atoms. The Labute approximate surface area is 165 Å². The van der Waals surface area contributed by atoms with Crippen molar-refractivity contribution in [2.45, 2.75) is 32.7 Å². The zero-order valence-corrected chi connectivity index (χ0v) is 17.6. The molecule has 2 aromatic rings. The van der Waals surface area contributed by atoms with Crippen molar-refractivity contribution in [2.24, 2.45) is 0 Å². The van der Waals surface area contributed by atoms with Crippen molar-refractivity contribution < 1.29 is 13.2 Å². The Morgan fingerprint density at radius 1 is 1.26 bits per heavy atom. The molecule has 2 heterocycles. The highest BCUT2D eigenvalue weighted by atomic mass is 32.2. The first-order chi connectivity index (χ1) is 12.8. The van der Waals surface area contributed by atoms with Crippen LogP contribution in [0.1, 0.15) is 41.0 Å². The van der Waals surface area contributed by atoms with Crippen molar-refractivity contribution in [3.8, 4) is 0 Å². The first-order valence-corrected chi connectivity index (χ1v) is 11.9. The summed E-state index contributed by atoms with van der Waals surface area (Å²) in [7, 11) is -3.41. The van der Waals surface area contributed by atoms with Gasteiger partial charge in [-0.1, -0.05) is 31.2 Å². The summed E-state index contributed by atoms with van der Waals surface area (Å²) in [6.45, 7) is 4.83. The number of amides is 1. The van der Waals surface area contributed by atoms with Gasteiger partial charge in [0.15, 0.2) is 0 Å². The topological polar surface area (TPSA) is 57.7 Å². The van der Waals surface area contributed by atoms with Gasteiger partial charge in [-0.2, -0.15) is 4.31 Å². The fourth-order valence-electron chi connectivity index (χ4n) is 3.67. The van der Waals surface area contributed by atoms with E-state index in [0.717, 1.165) is 23.1 Å². The molecule has 1 unspecified atom stereocenters. The standard InChI is InChI=1S/C20H26N2O3S2/c1-4-11-21(27(3,24)25)14-19(23)22-12-9-18-17(10-13-26-18)20(22)16-8-6-5-7-15(16)2/h5-8,10,13,20H,4,9,11-12,14H2,1-3H3. The summed E-state index contributed by atoms with van der Waals surface area (Å²) in [5, 5.41) is 2.07. The maximum atomic E-state index is 13.2. The van der Waals surface area contributed by atoms with Crippen LogP contribution in [0.15, 0.2) is 35.7 Å². The van der Waals surface area contributed by atoms with Gasteiger partial charge in [-0.25, -0.2) is 8.42 Å². The number of thiophene rings is 1. The van der Waals surface area contributed by atoms with Crippen molar-refractivity contribution in [1.29, 1.82) is 0 Å². The molecule has 0 bridgehead atoms. The van der Waals surface area contributed by atoms with Crippen LogP contribution < -0.4 is 0 Å². The first-order valence-electron chi connectivity index (χ1n) is 9.19. The van der Waals surface area contributed by atoms with Crippen molar-refractivity contribution in [2.75, 3.05) is 25.9 Å². The molecule has 146 valence electrons. The van der Waals surface area contributed by atoms with Gasteiger partial charge in [0.2, 0.25) is 15.9 Å². The van der Waals surface area contributed by atoms with Crippen molar-refractivity contribution >= 4 is 27.3 Å². The number of fused-ring (bicyclic) bond motifs is 1. The van der Waals surface area contributed by atoms with Crippen LogP contribution in [0.3, 0.4) is 0 Å². The van der Waals surface area contributed by atoms with Crippen LogP contribution >= 0.6 is 11.3 Å². The van der Waals surface area contributed by atoms with Crippen LogP contribution in [0.5, 0.6) is 0 Å². The third kappa shape index (κ3) is 4.25. The summed E-state index contributed by atoms with van der Waals surface area (Å²) < 4.78 is 25.4. The van der Waals surface area contributed by atoms with Gasteiger partial charge in [-0.15, -0.1) is 11.3 Å². The highest BCUT2D eigenvalue weighted by molar-refractivity contribution is 7.88. The average Bonchev–Trinajstić information content (AvgIpc) is 3.09. The molecule has 27 heavy (non-hydrogen) atoms. The number of nitrogens with zero attached hydrogens (tertiary/aromatic N) is 2. The molecule has 0 N–H and O–H groups in total. The normalized spacial score (nSPS) is 17.2. The van der Waals surface area contributed by atoms with Crippen LogP contribution in [0.2, 0.25) is 0 Å². The Morgan fingerprint density at radius 2 is 2.00 bits per heavy atom. The van der Waals surface area contributed by atoms with Crippen LogP contribution in [0.4, 0.5) is 0 Å². The lowest BCUT2D eigenvalue weighted by Crippen LogP contribution is -2.46. The van der Waals surface area contributed by atoms with E-state index in [2.05, 4.69) is 30.5 Å². The Bertz CT molecular complexity index is 921. The molecule has 1 aromatic carbocycles. The number of carbonyl (C=O) groups is 1. The Morgan fingerprint density at radius 3 is 2.67 bits per heavy atom. The summed E-state index contributed by atoms with van der Waals surface area (Å²) in [4.78, 5) is 16.3. The molecule has 1 aliphatic rings. The second-order valence-electron chi connectivity index (χ2n) is 6.99. The lowest BCUT2D eigenvalue weighted by Gasteiger charge is -2.38. The van der Waals surface area contributed by atoms with Crippen LogP contribution in [-0.4, -0.2) is 49.4 Å². The summed E-state index contributed by atoms with van der Waals surface area (Å²) in [5.41, 5.74) is 3.40. The van der Waals surface area contributed by atoms with E-state index < -0.39 is 10.0 Å². The van der Waals surface area contributed by atoms with E-state index in [4.69, 9.17) is 0 Å². The van der Waals surface area contributed by atoms with Crippen molar-refractivity contribution in [3.05, 3.63) is 57.3 Å². The Kier molecular flexibility index (Phi) is 6.03. The molecule has 0 aliphatic carbocycles. The third-order valence-corrected chi connectivity index (χ3v) is 7.27. The predicted molar refractivity (Wildman–Crippen MR) is 109 cm³/mol. The first kappa shape index (κ1) is 20.0. The zero-order valence-electron chi connectivity index (χ0n) is 16.0. The van der Waals surface area contributed by atoms with Gasteiger partial charge in [-0.3, -0.25) is 4.79 Å². The van der Waals surface area contributed by atoms with Gasteiger partial charge in [0.1, 0.15) is 0 Å². The number of rotatable bonds is 6. The lowest BCUT2D eigenvalue weighted by molar-refractivity contribution is -0.133. The fourth-order valence-corrected chi connectivity index (χ4v) is 5.43. The molecule has 3 rings (SSSR count). The van der Waals surface area contributed by atoms with Gasteiger partial charge in [-0.05, 0) is 47.9 Å². The van der Waals surface area contributed by atoms with E-state index in [1.165, 1.54) is 15.4 Å². The molecule has 0 saturated heterocycles. The van der Waals surface area contributed by atoms with E-state index in [1.807, 2.05) is 24.0 Å². The van der Waals surface area contributed by atoms with E-state index in [1.54, 1.807) is 11.3 Å². The van der Waals surface area contributed by atoms with Crippen molar-refractivity contribution in [3.63, 3.8) is 0 Å². The maximum absolute atomic E-state index is 13.2. The molecule has 1 amide bonds. The number of hydrogen-bond acceptors (Lipinski definition) is 4. The van der Waals surface area contributed by atoms with E-state index in [9.17, 15) is 13.2 Å². The highest BCUT2D eigenvalue weighted by Crippen LogP contribution is 2.39. The molecular weight excluding hydrogens is 380 g/mol.